The molecular formula is C10H18INO3. The number of halogens is 1. The normalized spacial score (nSPS) is 27.7. The maximum Gasteiger partial charge on any atom is 0.411 e. The molecule has 0 saturated carbocycles. The monoisotopic (exact) mass is 327 g/mol. The number of hydrogen-bond acceptors (Lipinski definition) is 3. The van der Waals surface area contributed by atoms with E-state index >= 15 is 0 Å². The number of piperidine rings is 1. The largest absolute Gasteiger partial charge is 0.444 e. The van der Waals surface area contributed by atoms with Gasteiger partial charge in [0, 0.05) is 13.0 Å². The number of hydrogen-bond donors (Lipinski definition) is 1. The zero-order chi connectivity index (χ0) is 11.6. The highest BCUT2D eigenvalue weighted by Crippen LogP contribution is 2.24. The van der Waals surface area contributed by atoms with E-state index in [-0.39, 0.29) is 16.2 Å². The zero-order valence-corrected chi connectivity index (χ0v) is 11.5. The molecule has 5 heteroatoms. The number of carbonyl (C=O) groups excluding carboxylic acids is 1. The van der Waals surface area contributed by atoms with Gasteiger partial charge in [-0.1, -0.05) is 22.6 Å². The average molecular weight is 327 g/mol. The Kier molecular flexibility index (Phi) is 4.22. The van der Waals surface area contributed by atoms with E-state index in [1.807, 2.05) is 20.8 Å². The first-order valence-corrected chi connectivity index (χ1v) is 6.36. The van der Waals surface area contributed by atoms with Crippen molar-refractivity contribution in [1.29, 1.82) is 0 Å². The van der Waals surface area contributed by atoms with Gasteiger partial charge in [0.1, 0.15) is 5.60 Å². The number of likely N-dealkylation sites (tertiary alicyclic amines) is 1. The Balaban J connectivity index is 2.53. The maximum atomic E-state index is 11.7. The van der Waals surface area contributed by atoms with E-state index in [0.717, 1.165) is 0 Å². The molecule has 0 bridgehead atoms. The van der Waals surface area contributed by atoms with Crippen LogP contribution >= 0.6 is 22.6 Å². The van der Waals surface area contributed by atoms with E-state index in [4.69, 9.17) is 4.74 Å². The molecular weight excluding hydrogens is 309 g/mol. The molecule has 1 rings (SSSR count). The van der Waals surface area contributed by atoms with Crippen molar-refractivity contribution in [1.82, 2.24) is 4.90 Å². The van der Waals surface area contributed by atoms with Gasteiger partial charge in [-0.3, -0.25) is 4.90 Å². The van der Waals surface area contributed by atoms with Crippen molar-refractivity contribution >= 4 is 28.7 Å². The molecule has 2 atom stereocenters. The molecule has 1 saturated heterocycles. The lowest BCUT2D eigenvalue weighted by atomic mass is 10.1. The highest BCUT2D eigenvalue weighted by molar-refractivity contribution is 14.1. The smallest absolute Gasteiger partial charge is 0.411 e. The summed E-state index contributed by atoms with van der Waals surface area (Å²) in [6.07, 6.45) is 0.692. The molecule has 1 N–H and O–H groups in total. The average Bonchev–Trinajstić information content (AvgIpc) is 1.99. The van der Waals surface area contributed by atoms with Crippen LogP contribution in [0.3, 0.4) is 0 Å². The van der Waals surface area contributed by atoms with Crippen LogP contribution < -0.4 is 0 Å². The molecule has 1 amide bonds. The van der Waals surface area contributed by atoms with Gasteiger partial charge < -0.3 is 9.84 Å². The Morgan fingerprint density at radius 3 is 2.60 bits per heavy atom. The quantitative estimate of drug-likeness (QED) is 0.421. The summed E-state index contributed by atoms with van der Waals surface area (Å²) in [6.45, 7) is 6.13. The van der Waals surface area contributed by atoms with Crippen molar-refractivity contribution in [3.63, 3.8) is 0 Å². The molecule has 0 radical (unpaired) electrons. The molecule has 2 unspecified atom stereocenters. The number of alkyl halides is 1. The van der Waals surface area contributed by atoms with E-state index in [2.05, 4.69) is 22.6 Å². The number of nitrogens with zero attached hydrogens (tertiary/aromatic N) is 1. The zero-order valence-electron chi connectivity index (χ0n) is 9.36. The summed E-state index contributed by atoms with van der Waals surface area (Å²) in [5, 5.41) is 9.43. The van der Waals surface area contributed by atoms with Crippen LogP contribution in [0.15, 0.2) is 0 Å². The topological polar surface area (TPSA) is 49.8 Å². The summed E-state index contributed by atoms with van der Waals surface area (Å²) in [6, 6.07) is 0. The molecule has 0 aliphatic carbocycles. The van der Waals surface area contributed by atoms with Gasteiger partial charge >= 0.3 is 6.09 Å². The molecule has 0 aromatic carbocycles. The van der Waals surface area contributed by atoms with Gasteiger partial charge in [-0.2, -0.15) is 0 Å². The lowest BCUT2D eigenvalue weighted by Crippen LogP contribution is -2.46. The number of amides is 1. The van der Waals surface area contributed by atoms with Crippen LogP contribution in [0.25, 0.3) is 0 Å². The summed E-state index contributed by atoms with van der Waals surface area (Å²) in [5.41, 5.74) is -0.455. The molecule has 1 heterocycles. The van der Waals surface area contributed by atoms with Crippen LogP contribution in [0.2, 0.25) is 0 Å². The van der Waals surface area contributed by atoms with Gasteiger partial charge in [0.15, 0.2) is 0 Å². The van der Waals surface area contributed by atoms with Crippen molar-refractivity contribution in [2.75, 3.05) is 6.54 Å². The first-order chi connectivity index (χ1) is 6.79. The van der Waals surface area contributed by atoms with E-state index < -0.39 is 5.60 Å². The Morgan fingerprint density at radius 2 is 2.13 bits per heavy atom. The molecule has 1 aliphatic rings. The van der Waals surface area contributed by atoms with Crippen molar-refractivity contribution in [3.05, 3.63) is 0 Å². The lowest BCUT2D eigenvalue weighted by molar-refractivity contribution is 0.00755. The molecule has 0 aromatic heterocycles. The van der Waals surface area contributed by atoms with E-state index in [0.29, 0.717) is 19.4 Å². The fraction of sp³-hybridized carbons (Fsp3) is 0.900. The third-order valence-corrected chi connectivity index (χ3v) is 3.32. The molecule has 88 valence electrons. The minimum Gasteiger partial charge on any atom is -0.444 e. The third kappa shape index (κ3) is 4.14. The van der Waals surface area contributed by atoms with Crippen molar-refractivity contribution in [2.24, 2.45) is 0 Å². The van der Waals surface area contributed by atoms with Gasteiger partial charge in [-0.25, -0.2) is 4.79 Å². The number of aliphatic hydroxyl groups excluding tert-OH is 1. The van der Waals surface area contributed by atoms with E-state index in [9.17, 15) is 9.90 Å². The SMILES string of the molecule is CC(C)(C)OC(=O)N1CCC(O)CC1I. The summed E-state index contributed by atoms with van der Waals surface area (Å²) in [4.78, 5) is 13.4. The van der Waals surface area contributed by atoms with Gasteiger partial charge in [0.05, 0.1) is 10.2 Å². The summed E-state index contributed by atoms with van der Waals surface area (Å²) in [5.74, 6) is 0. The number of rotatable bonds is 0. The van der Waals surface area contributed by atoms with Crippen LogP contribution in [0, 0.1) is 0 Å². The highest BCUT2D eigenvalue weighted by atomic mass is 127. The second-order valence-corrected chi connectivity index (χ2v) is 6.22. The van der Waals surface area contributed by atoms with E-state index in [1.165, 1.54) is 0 Å². The number of carbonyl (C=O) groups is 1. The molecule has 0 aromatic rings. The lowest BCUT2D eigenvalue weighted by Gasteiger charge is -2.35. The minimum atomic E-state index is -0.455. The molecule has 1 aliphatic heterocycles. The maximum absolute atomic E-state index is 11.7. The van der Waals surface area contributed by atoms with Crippen LogP contribution in [0.4, 0.5) is 4.79 Å². The van der Waals surface area contributed by atoms with Crippen molar-refractivity contribution in [2.45, 2.75) is 49.4 Å². The van der Waals surface area contributed by atoms with E-state index in [1.54, 1.807) is 4.90 Å². The Morgan fingerprint density at radius 1 is 1.53 bits per heavy atom. The molecule has 15 heavy (non-hydrogen) atoms. The standard InChI is InChI=1S/C10H18INO3/c1-10(2,3)15-9(14)12-5-4-7(13)6-8(12)11/h7-8,13H,4-6H2,1-3H3. The molecule has 4 nitrogen and oxygen atoms in total. The number of aliphatic hydroxyl groups is 1. The predicted molar refractivity (Wildman–Crippen MR) is 66.0 cm³/mol. The summed E-state index contributed by atoms with van der Waals surface area (Å²) in [7, 11) is 0. The van der Waals surface area contributed by atoms with Crippen LogP contribution in [0.1, 0.15) is 33.6 Å². The van der Waals surface area contributed by atoms with Gasteiger partial charge in [-0.15, -0.1) is 0 Å². The fourth-order valence-corrected chi connectivity index (χ4v) is 2.52. The second kappa shape index (κ2) is 4.86. The molecule has 1 fully saturated rings. The van der Waals surface area contributed by atoms with Crippen LogP contribution in [0.5, 0.6) is 0 Å². The highest BCUT2D eigenvalue weighted by Gasteiger charge is 2.31. The Bertz CT molecular complexity index is 239. The third-order valence-electron chi connectivity index (χ3n) is 2.14. The molecule has 0 spiro atoms. The van der Waals surface area contributed by atoms with Gasteiger partial charge in [-0.05, 0) is 27.2 Å². The Hall–Kier alpha value is -0.0400. The first kappa shape index (κ1) is 13.0. The Labute approximate surface area is 104 Å². The predicted octanol–water partition coefficient (Wildman–Crippen LogP) is 2.14. The minimum absolute atomic E-state index is 0.0289. The van der Waals surface area contributed by atoms with Gasteiger partial charge in [0.2, 0.25) is 0 Å². The van der Waals surface area contributed by atoms with Crippen LogP contribution in [-0.2, 0) is 4.74 Å². The van der Waals surface area contributed by atoms with Gasteiger partial charge in [0.25, 0.3) is 0 Å². The fourth-order valence-electron chi connectivity index (χ4n) is 1.42. The number of ether oxygens (including phenoxy) is 1. The van der Waals surface area contributed by atoms with Crippen molar-refractivity contribution in [3.8, 4) is 0 Å². The second-order valence-electron chi connectivity index (χ2n) is 4.79. The van der Waals surface area contributed by atoms with Crippen LogP contribution in [-0.4, -0.2) is 38.4 Å². The first-order valence-electron chi connectivity index (χ1n) is 5.11. The summed E-state index contributed by atoms with van der Waals surface area (Å²) < 4.78 is 5.31. The van der Waals surface area contributed by atoms with Crippen molar-refractivity contribution < 1.29 is 14.6 Å². The summed E-state index contributed by atoms with van der Waals surface area (Å²) >= 11 is 2.17.